The number of amides is 1. The number of nitro groups is 1. The Morgan fingerprint density at radius 1 is 1.29 bits per heavy atom. The van der Waals surface area contributed by atoms with Crippen molar-refractivity contribution in [2.45, 2.75) is 13.0 Å². The van der Waals surface area contributed by atoms with E-state index in [2.05, 4.69) is 5.32 Å². The standard InChI is InChI=1S/C16H14N2O5S/c1-11(23-15(19)9-8-12-5-4-10-24-12)16(20)17-13-6-2-3-7-14(13)18(21)22/h2-11H,1H3,(H,17,20). The van der Waals surface area contributed by atoms with Crippen LogP contribution in [0.3, 0.4) is 0 Å². The quantitative estimate of drug-likeness (QED) is 0.375. The third kappa shape index (κ3) is 4.75. The van der Waals surface area contributed by atoms with Crippen molar-refractivity contribution < 1.29 is 19.2 Å². The fourth-order valence-electron chi connectivity index (χ4n) is 1.78. The van der Waals surface area contributed by atoms with Crippen LogP contribution in [-0.2, 0) is 14.3 Å². The molecule has 1 aromatic carbocycles. The third-order valence-electron chi connectivity index (χ3n) is 2.95. The van der Waals surface area contributed by atoms with Crippen molar-refractivity contribution in [3.05, 3.63) is 62.8 Å². The summed E-state index contributed by atoms with van der Waals surface area (Å²) in [5, 5.41) is 15.2. The van der Waals surface area contributed by atoms with Crippen molar-refractivity contribution in [3.8, 4) is 0 Å². The van der Waals surface area contributed by atoms with Gasteiger partial charge in [0.15, 0.2) is 6.10 Å². The summed E-state index contributed by atoms with van der Waals surface area (Å²) in [6.07, 6.45) is 1.71. The van der Waals surface area contributed by atoms with Crippen molar-refractivity contribution in [2.24, 2.45) is 0 Å². The minimum Gasteiger partial charge on any atom is -0.449 e. The van der Waals surface area contributed by atoms with E-state index in [0.29, 0.717) is 0 Å². The number of carbonyl (C=O) groups is 2. The summed E-state index contributed by atoms with van der Waals surface area (Å²) in [4.78, 5) is 34.9. The Morgan fingerprint density at radius 2 is 2.04 bits per heavy atom. The number of nitrogens with one attached hydrogen (secondary N) is 1. The number of hydrogen-bond donors (Lipinski definition) is 1. The van der Waals surface area contributed by atoms with Crippen molar-refractivity contribution in [1.29, 1.82) is 0 Å². The molecule has 1 heterocycles. The van der Waals surface area contributed by atoms with Gasteiger partial charge in [0.25, 0.3) is 11.6 Å². The molecule has 2 aromatic rings. The number of thiophene rings is 1. The van der Waals surface area contributed by atoms with Crippen LogP contribution in [0.4, 0.5) is 11.4 Å². The fraction of sp³-hybridized carbons (Fsp3) is 0.125. The van der Waals surface area contributed by atoms with Gasteiger partial charge in [-0.25, -0.2) is 4.79 Å². The maximum atomic E-state index is 12.0. The number of benzene rings is 1. The molecule has 7 nitrogen and oxygen atoms in total. The van der Waals surface area contributed by atoms with E-state index in [1.54, 1.807) is 12.1 Å². The second-order valence-electron chi connectivity index (χ2n) is 4.69. The molecule has 1 N–H and O–H groups in total. The molecule has 1 amide bonds. The first kappa shape index (κ1) is 17.4. The van der Waals surface area contributed by atoms with Gasteiger partial charge in [-0.05, 0) is 30.5 Å². The number of carbonyl (C=O) groups excluding carboxylic acids is 2. The molecule has 0 aliphatic heterocycles. The van der Waals surface area contributed by atoms with Crippen molar-refractivity contribution in [1.82, 2.24) is 0 Å². The maximum Gasteiger partial charge on any atom is 0.331 e. The summed E-state index contributed by atoms with van der Waals surface area (Å²) in [5.41, 5.74) is -0.188. The predicted molar refractivity (Wildman–Crippen MR) is 90.6 cm³/mol. The highest BCUT2D eigenvalue weighted by atomic mass is 32.1. The Morgan fingerprint density at radius 3 is 2.71 bits per heavy atom. The van der Waals surface area contributed by atoms with Crippen molar-refractivity contribution in [2.75, 3.05) is 5.32 Å². The highest BCUT2D eigenvalue weighted by Crippen LogP contribution is 2.23. The van der Waals surface area contributed by atoms with Gasteiger partial charge in [0.2, 0.25) is 0 Å². The SMILES string of the molecule is CC(OC(=O)C=Cc1cccs1)C(=O)Nc1ccccc1[N+](=O)[O-]. The number of nitro benzene ring substituents is 1. The number of ether oxygens (including phenoxy) is 1. The predicted octanol–water partition coefficient (Wildman–Crippen LogP) is 3.24. The summed E-state index contributed by atoms with van der Waals surface area (Å²) in [6.45, 7) is 1.39. The Balaban J connectivity index is 1.95. The van der Waals surface area contributed by atoms with E-state index in [0.717, 1.165) is 4.88 Å². The molecule has 1 aromatic heterocycles. The average Bonchev–Trinajstić information content (AvgIpc) is 3.06. The van der Waals surface area contributed by atoms with Gasteiger partial charge in [-0.1, -0.05) is 18.2 Å². The van der Waals surface area contributed by atoms with Crippen LogP contribution in [0.1, 0.15) is 11.8 Å². The molecule has 0 saturated carbocycles. The average molecular weight is 346 g/mol. The van der Waals surface area contributed by atoms with Crippen LogP contribution >= 0.6 is 11.3 Å². The lowest BCUT2D eigenvalue weighted by atomic mass is 10.2. The van der Waals surface area contributed by atoms with Gasteiger partial charge < -0.3 is 10.1 Å². The first-order chi connectivity index (χ1) is 11.5. The normalized spacial score (nSPS) is 11.9. The topological polar surface area (TPSA) is 98.5 Å². The number of hydrogen-bond acceptors (Lipinski definition) is 6. The molecule has 0 radical (unpaired) electrons. The van der Waals surface area contributed by atoms with Gasteiger partial charge >= 0.3 is 5.97 Å². The summed E-state index contributed by atoms with van der Waals surface area (Å²) in [6, 6.07) is 9.41. The zero-order valence-corrected chi connectivity index (χ0v) is 13.5. The van der Waals surface area contributed by atoms with E-state index < -0.39 is 22.9 Å². The summed E-state index contributed by atoms with van der Waals surface area (Å²) in [5.74, 6) is -1.32. The largest absolute Gasteiger partial charge is 0.449 e. The summed E-state index contributed by atoms with van der Waals surface area (Å²) >= 11 is 1.46. The van der Waals surface area contributed by atoms with Gasteiger partial charge in [0.05, 0.1) is 4.92 Å². The molecule has 0 bridgehead atoms. The Labute approximate surface area is 141 Å². The molecule has 1 unspecified atom stereocenters. The molecular weight excluding hydrogens is 332 g/mol. The van der Waals surface area contributed by atoms with Crippen LogP contribution in [0.25, 0.3) is 6.08 Å². The van der Waals surface area contributed by atoms with E-state index >= 15 is 0 Å². The van der Waals surface area contributed by atoms with E-state index in [1.165, 1.54) is 42.5 Å². The van der Waals surface area contributed by atoms with E-state index in [4.69, 9.17) is 4.74 Å². The lowest BCUT2D eigenvalue weighted by Gasteiger charge is -2.12. The van der Waals surface area contributed by atoms with E-state index in [9.17, 15) is 19.7 Å². The monoisotopic (exact) mass is 346 g/mol. The van der Waals surface area contributed by atoms with Crippen LogP contribution in [0.15, 0.2) is 47.9 Å². The van der Waals surface area contributed by atoms with Crippen LogP contribution < -0.4 is 5.32 Å². The van der Waals surface area contributed by atoms with Gasteiger partial charge in [0, 0.05) is 17.0 Å². The zero-order chi connectivity index (χ0) is 17.5. The first-order valence-corrected chi connectivity index (χ1v) is 7.82. The van der Waals surface area contributed by atoms with Crippen LogP contribution in [-0.4, -0.2) is 22.9 Å². The number of anilines is 1. The Kier molecular flexibility index (Phi) is 5.80. The Bertz CT molecular complexity index is 771. The molecule has 8 heteroatoms. The molecule has 24 heavy (non-hydrogen) atoms. The molecule has 0 aliphatic carbocycles. The van der Waals surface area contributed by atoms with Crippen LogP contribution in [0.5, 0.6) is 0 Å². The lowest BCUT2D eigenvalue weighted by molar-refractivity contribution is -0.383. The Hall–Kier alpha value is -3.00. The van der Waals surface area contributed by atoms with Crippen LogP contribution in [0, 0.1) is 10.1 Å². The number of esters is 1. The first-order valence-electron chi connectivity index (χ1n) is 6.94. The van der Waals surface area contributed by atoms with Crippen molar-refractivity contribution in [3.63, 3.8) is 0 Å². The number of nitrogens with zero attached hydrogens (tertiary/aromatic N) is 1. The molecule has 0 saturated heterocycles. The number of rotatable bonds is 6. The van der Waals surface area contributed by atoms with Gasteiger partial charge in [-0.2, -0.15) is 0 Å². The number of para-hydroxylation sites is 2. The lowest BCUT2D eigenvalue weighted by Crippen LogP contribution is -2.29. The highest BCUT2D eigenvalue weighted by Gasteiger charge is 2.20. The van der Waals surface area contributed by atoms with Gasteiger partial charge in [-0.3, -0.25) is 14.9 Å². The molecule has 1 atom stereocenters. The minimum absolute atomic E-state index is 0.0459. The minimum atomic E-state index is -1.09. The zero-order valence-electron chi connectivity index (χ0n) is 12.7. The molecule has 2 rings (SSSR count). The summed E-state index contributed by atoms with van der Waals surface area (Å²) in [7, 11) is 0. The second-order valence-corrected chi connectivity index (χ2v) is 5.67. The summed E-state index contributed by atoms with van der Waals surface area (Å²) < 4.78 is 4.98. The van der Waals surface area contributed by atoms with Gasteiger partial charge in [-0.15, -0.1) is 11.3 Å². The van der Waals surface area contributed by atoms with Gasteiger partial charge in [0.1, 0.15) is 5.69 Å². The van der Waals surface area contributed by atoms with Crippen LogP contribution in [0.2, 0.25) is 0 Å². The van der Waals surface area contributed by atoms with E-state index in [-0.39, 0.29) is 11.4 Å². The molecule has 0 fully saturated rings. The molecule has 0 spiro atoms. The smallest absolute Gasteiger partial charge is 0.331 e. The molecule has 0 aliphatic rings. The maximum absolute atomic E-state index is 12.0. The van der Waals surface area contributed by atoms with Crippen molar-refractivity contribution >= 4 is 40.7 Å². The molecular formula is C16H14N2O5S. The third-order valence-corrected chi connectivity index (χ3v) is 3.79. The fourth-order valence-corrected chi connectivity index (χ4v) is 2.39. The highest BCUT2D eigenvalue weighted by molar-refractivity contribution is 7.10. The van der Waals surface area contributed by atoms with E-state index in [1.807, 2.05) is 17.5 Å². The molecule has 124 valence electrons. The second kappa shape index (κ2) is 8.02.